The van der Waals surface area contributed by atoms with Crippen LogP contribution in [0.25, 0.3) is 11.3 Å². The lowest BCUT2D eigenvalue weighted by Crippen LogP contribution is -2.41. The Kier molecular flexibility index (Phi) is 6.65. The molecule has 2 heterocycles. The largest absolute Gasteiger partial charge is 0.486 e. The van der Waals surface area contributed by atoms with Gasteiger partial charge in [0, 0.05) is 36.7 Å². The quantitative estimate of drug-likeness (QED) is 0.523. The van der Waals surface area contributed by atoms with Crippen LogP contribution < -0.4 is 15.4 Å². The first kappa shape index (κ1) is 22.8. The summed E-state index contributed by atoms with van der Waals surface area (Å²) in [5.41, 5.74) is 2.44. The van der Waals surface area contributed by atoms with Gasteiger partial charge in [-0.25, -0.2) is 9.18 Å². The molecule has 2 N–H and O–H groups in total. The van der Waals surface area contributed by atoms with E-state index in [0.29, 0.717) is 11.4 Å². The highest BCUT2D eigenvalue weighted by Crippen LogP contribution is 2.35. The summed E-state index contributed by atoms with van der Waals surface area (Å²) in [6, 6.07) is 12.7. The second kappa shape index (κ2) is 9.62. The van der Waals surface area contributed by atoms with Crippen molar-refractivity contribution in [1.29, 1.82) is 0 Å². The zero-order valence-corrected chi connectivity index (χ0v) is 19.3. The molecule has 0 atom stereocenters. The van der Waals surface area contributed by atoms with E-state index >= 15 is 0 Å². The highest BCUT2D eigenvalue weighted by molar-refractivity contribution is 6.00. The number of benzene rings is 2. The Labute approximate surface area is 193 Å². The number of rotatable bonds is 7. The predicted molar refractivity (Wildman–Crippen MR) is 128 cm³/mol. The van der Waals surface area contributed by atoms with E-state index in [2.05, 4.69) is 34.5 Å². The summed E-state index contributed by atoms with van der Waals surface area (Å²) >= 11 is 0. The standard InChI is InChI=1S/C25H30FN5O2/c1-25(2,17-31-14-4-5-15-31)33-23-11-10-20(16-21(23)22-12-13-27-30(22)3)29-24(32)28-19-8-6-18(26)7-9-19/h6-13,16H,4-5,14-15,17H2,1-3H3,(H2,28,29,32). The molecule has 33 heavy (non-hydrogen) atoms. The molecule has 1 aromatic heterocycles. The molecule has 2 amide bonds. The average molecular weight is 452 g/mol. The minimum Gasteiger partial charge on any atom is -0.486 e. The maximum absolute atomic E-state index is 13.1. The number of nitrogens with one attached hydrogen (secondary N) is 2. The van der Waals surface area contributed by atoms with E-state index in [-0.39, 0.29) is 11.4 Å². The molecule has 1 fully saturated rings. The number of anilines is 2. The van der Waals surface area contributed by atoms with Crippen LogP contribution in [-0.2, 0) is 7.05 Å². The fourth-order valence-electron chi connectivity index (χ4n) is 4.17. The summed E-state index contributed by atoms with van der Waals surface area (Å²) in [5.74, 6) is 0.373. The van der Waals surface area contributed by atoms with Gasteiger partial charge in [0.05, 0.1) is 5.69 Å². The molecule has 2 aromatic carbocycles. The lowest BCUT2D eigenvalue weighted by Gasteiger charge is -2.32. The van der Waals surface area contributed by atoms with Crippen LogP contribution in [0.4, 0.5) is 20.6 Å². The molecular weight excluding hydrogens is 421 g/mol. The number of urea groups is 1. The van der Waals surface area contributed by atoms with Crippen LogP contribution in [0.15, 0.2) is 54.7 Å². The van der Waals surface area contributed by atoms with Crippen molar-refractivity contribution in [3.05, 3.63) is 60.5 Å². The second-order valence-corrected chi connectivity index (χ2v) is 8.98. The number of amides is 2. The molecule has 0 unspecified atom stereocenters. The zero-order chi connectivity index (χ0) is 23.4. The van der Waals surface area contributed by atoms with Crippen LogP contribution in [0.5, 0.6) is 5.75 Å². The van der Waals surface area contributed by atoms with Gasteiger partial charge in [-0.2, -0.15) is 5.10 Å². The van der Waals surface area contributed by atoms with E-state index in [1.54, 1.807) is 10.9 Å². The lowest BCUT2D eigenvalue weighted by molar-refractivity contribution is 0.0690. The van der Waals surface area contributed by atoms with Crippen molar-refractivity contribution < 1.29 is 13.9 Å². The van der Waals surface area contributed by atoms with E-state index in [1.807, 2.05) is 31.3 Å². The minimum absolute atomic E-state index is 0.356. The van der Waals surface area contributed by atoms with Crippen molar-refractivity contribution in [2.45, 2.75) is 32.3 Å². The SMILES string of the molecule is Cn1nccc1-c1cc(NC(=O)Nc2ccc(F)cc2)ccc1OC(C)(C)CN1CCCC1. The van der Waals surface area contributed by atoms with Crippen LogP contribution in [0.2, 0.25) is 0 Å². The van der Waals surface area contributed by atoms with Gasteiger partial charge in [-0.05, 0) is 88.3 Å². The summed E-state index contributed by atoms with van der Waals surface area (Å²) in [5, 5.41) is 9.83. The van der Waals surface area contributed by atoms with Gasteiger partial charge in [-0.15, -0.1) is 0 Å². The molecule has 0 bridgehead atoms. The lowest BCUT2D eigenvalue weighted by atomic mass is 10.1. The van der Waals surface area contributed by atoms with Crippen LogP contribution in [0, 0.1) is 5.82 Å². The predicted octanol–water partition coefficient (Wildman–Crippen LogP) is 5.12. The minimum atomic E-state index is -0.416. The Hall–Kier alpha value is -3.39. The number of halogens is 1. The highest BCUT2D eigenvalue weighted by atomic mass is 19.1. The van der Waals surface area contributed by atoms with E-state index in [0.717, 1.165) is 36.6 Å². The van der Waals surface area contributed by atoms with Gasteiger partial charge < -0.3 is 15.4 Å². The number of carbonyl (C=O) groups is 1. The fourth-order valence-corrected chi connectivity index (χ4v) is 4.17. The van der Waals surface area contributed by atoms with Gasteiger partial charge >= 0.3 is 6.03 Å². The third kappa shape index (κ3) is 5.90. The van der Waals surface area contributed by atoms with Gasteiger partial charge in [0.2, 0.25) is 0 Å². The Morgan fingerprint density at radius 2 is 1.73 bits per heavy atom. The first-order chi connectivity index (χ1) is 15.8. The summed E-state index contributed by atoms with van der Waals surface area (Å²) in [6.45, 7) is 7.25. The molecule has 0 saturated carbocycles. The third-order valence-electron chi connectivity index (χ3n) is 5.63. The molecule has 0 radical (unpaired) electrons. The van der Waals surface area contributed by atoms with E-state index < -0.39 is 6.03 Å². The molecule has 1 saturated heterocycles. The number of likely N-dealkylation sites (tertiary alicyclic amines) is 1. The number of hydrogen-bond acceptors (Lipinski definition) is 4. The van der Waals surface area contributed by atoms with Crippen molar-refractivity contribution in [2.24, 2.45) is 7.05 Å². The van der Waals surface area contributed by atoms with Crippen LogP contribution >= 0.6 is 0 Å². The molecular formula is C25H30FN5O2. The second-order valence-electron chi connectivity index (χ2n) is 8.98. The first-order valence-electron chi connectivity index (χ1n) is 11.2. The number of ether oxygens (including phenoxy) is 1. The van der Waals surface area contributed by atoms with Crippen molar-refractivity contribution in [3.8, 4) is 17.0 Å². The summed E-state index contributed by atoms with van der Waals surface area (Å²) in [7, 11) is 1.87. The Morgan fingerprint density at radius 3 is 2.39 bits per heavy atom. The average Bonchev–Trinajstić information content (AvgIpc) is 3.42. The van der Waals surface area contributed by atoms with E-state index in [9.17, 15) is 9.18 Å². The molecule has 1 aliphatic rings. The number of carbonyl (C=O) groups excluding carboxylic acids is 1. The van der Waals surface area contributed by atoms with Crippen LogP contribution in [-0.4, -0.2) is 45.9 Å². The number of aryl methyl sites for hydroxylation is 1. The molecule has 4 rings (SSSR count). The normalized spacial score (nSPS) is 14.3. The van der Waals surface area contributed by atoms with Crippen LogP contribution in [0.1, 0.15) is 26.7 Å². The Morgan fingerprint density at radius 1 is 1.06 bits per heavy atom. The number of aromatic nitrogens is 2. The highest BCUT2D eigenvalue weighted by Gasteiger charge is 2.27. The molecule has 0 spiro atoms. The first-order valence-corrected chi connectivity index (χ1v) is 11.2. The third-order valence-corrected chi connectivity index (χ3v) is 5.63. The van der Waals surface area contributed by atoms with Crippen molar-refractivity contribution in [1.82, 2.24) is 14.7 Å². The summed E-state index contributed by atoms with van der Waals surface area (Å²) in [6.07, 6.45) is 4.20. The maximum Gasteiger partial charge on any atom is 0.323 e. The van der Waals surface area contributed by atoms with Gasteiger partial charge in [0.1, 0.15) is 17.2 Å². The number of hydrogen-bond donors (Lipinski definition) is 2. The summed E-state index contributed by atoms with van der Waals surface area (Å²) < 4.78 is 21.4. The smallest absolute Gasteiger partial charge is 0.323 e. The number of nitrogens with zero attached hydrogens (tertiary/aromatic N) is 3. The van der Waals surface area contributed by atoms with Gasteiger partial charge in [-0.1, -0.05) is 0 Å². The van der Waals surface area contributed by atoms with Crippen molar-refractivity contribution >= 4 is 17.4 Å². The van der Waals surface area contributed by atoms with Gasteiger partial charge in [0.25, 0.3) is 0 Å². The topological polar surface area (TPSA) is 71.4 Å². The molecule has 0 aliphatic carbocycles. The monoisotopic (exact) mass is 451 g/mol. The van der Waals surface area contributed by atoms with Gasteiger partial charge in [0.15, 0.2) is 0 Å². The van der Waals surface area contributed by atoms with E-state index in [1.165, 1.54) is 37.1 Å². The maximum atomic E-state index is 13.1. The molecule has 174 valence electrons. The molecule has 7 nitrogen and oxygen atoms in total. The Bertz CT molecular complexity index is 1100. The van der Waals surface area contributed by atoms with Gasteiger partial charge in [-0.3, -0.25) is 9.58 Å². The molecule has 8 heteroatoms. The van der Waals surface area contributed by atoms with Crippen LogP contribution in [0.3, 0.4) is 0 Å². The Balaban J connectivity index is 1.54. The molecule has 3 aromatic rings. The van der Waals surface area contributed by atoms with E-state index in [4.69, 9.17) is 4.74 Å². The zero-order valence-electron chi connectivity index (χ0n) is 19.3. The fraction of sp³-hybridized carbons (Fsp3) is 0.360. The van der Waals surface area contributed by atoms with Crippen molar-refractivity contribution in [2.75, 3.05) is 30.3 Å². The summed E-state index contributed by atoms with van der Waals surface area (Å²) in [4.78, 5) is 14.9. The van der Waals surface area contributed by atoms with Crippen molar-refractivity contribution in [3.63, 3.8) is 0 Å². The molecule has 1 aliphatic heterocycles.